The van der Waals surface area contributed by atoms with Crippen molar-refractivity contribution in [2.75, 3.05) is 32.6 Å². The van der Waals surface area contributed by atoms with Gasteiger partial charge in [-0.25, -0.2) is 4.98 Å². The molecule has 146 valence electrons. The molecule has 0 aliphatic rings. The number of hydrogen-bond acceptors (Lipinski definition) is 5. The average Bonchev–Trinajstić information content (AvgIpc) is 2.64. The number of halogens is 4. The molecule has 0 spiro atoms. The van der Waals surface area contributed by atoms with E-state index in [4.69, 9.17) is 9.47 Å². The highest BCUT2D eigenvalue weighted by Gasteiger charge is 2.33. The summed E-state index contributed by atoms with van der Waals surface area (Å²) < 4.78 is 49.7. The van der Waals surface area contributed by atoms with Gasteiger partial charge in [-0.15, -0.1) is 0 Å². The third kappa shape index (κ3) is 5.37. The number of nitrogens with zero attached hydrogens (tertiary/aromatic N) is 1. The number of nitrogens with one attached hydrogen (secondary N) is 2. The molecule has 1 heterocycles. The molecular weight excluding hydrogens is 478 g/mol. The predicted molar refractivity (Wildman–Crippen MR) is 102 cm³/mol. The molecule has 6 nitrogen and oxygen atoms in total. The zero-order chi connectivity index (χ0) is 20.0. The summed E-state index contributed by atoms with van der Waals surface area (Å²) in [6.07, 6.45) is -3.24. The first-order valence-corrected chi connectivity index (χ1v) is 8.81. The number of carbonyl (C=O) groups is 1. The highest BCUT2D eigenvalue weighted by atomic mass is 127. The van der Waals surface area contributed by atoms with E-state index in [-0.39, 0.29) is 24.8 Å². The number of amides is 1. The third-order valence-electron chi connectivity index (χ3n) is 3.53. The van der Waals surface area contributed by atoms with Crippen molar-refractivity contribution in [3.63, 3.8) is 0 Å². The fraction of sp³-hybridized carbons (Fsp3) is 0.294. The van der Waals surface area contributed by atoms with E-state index < -0.39 is 11.7 Å². The predicted octanol–water partition coefficient (Wildman–Crippen LogP) is 3.56. The van der Waals surface area contributed by atoms with E-state index in [1.54, 1.807) is 12.1 Å². The van der Waals surface area contributed by atoms with E-state index in [2.05, 4.69) is 15.6 Å². The van der Waals surface area contributed by atoms with E-state index >= 15 is 0 Å². The number of carbonyl (C=O) groups excluding carboxylic acids is 1. The lowest BCUT2D eigenvalue weighted by Crippen LogP contribution is -2.30. The molecule has 1 amide bonds. The molecule has 27 heavy (non-hydrogen) atoms. The molecule has 0 unspecified atom stereocenters. The molecule has 2 rings (SSSR count). The minimum Gasteiger partial charge on any atom is -0.493 e. The number of benzene rings is 1. The summed E-state index contributed by atoms with van der Waals surface area (Å²) in [7, 11) is 2.95. The molecule has 10 heteroatoms. The second kappa shape index (κ2) is 9.11. The van der Waals surface area contributed by atoms with Crippen LogP contribution in [0.1, 0.15) is 15.9 Å². The maximum Gasteiger partial charge on any atom is 0.419 e. The summed E-state index contributed by atoms with van der Waals surface area (Å²) in [5.74, 6) is 0.249. The SMILES string of the molecule is COc1cc(I)c(C(=O)NCCNc2ncccc2C(F)(F)F)cc1OC. The lowest BCUT2D eigenvalue weighted by molar-refractivity contribution is -0.137. The zero-order valence-electron chi connectivity index (χ0n) is 14.5. The van der Waals surface area contributed by atoms with Crippen molar-refractivity contribution in [3.05, 3.63) is 45.2 Å². The summed E-state index contributed by atoms with van der Waals surface area (Å²) >= 11 is 1.99. The van der Waals surface area contributed by atoms with Gasteiger partial charge in [-0.2, -0.15) is 13.2 Å². The van der Waals surface area contributed by atoms with Crippen LogP contribution in [0.25, 0.3) is 0 Å². The number of rotatable bonds is 7. The van der Waals surface area contributed by atoms with Crippen molar-refractivity contribution in [2.24, 2.45) is 0 Å². The number of ether oxygens (including phenoxy) is 2. The fourth-order valence-electron chi connectivity index (χ4n) is 2.26. The van der Waals surface area contributed by atoms with Crippen LogP contribution in [0, 0.1) is 3.57 Å². The number of pyridine rings is 1. The van der Waals surface area contributed by atoms with E-state index in [0.29, 0.717) is 20.6 Å². The molecule has 0 saturated heterocycles. The third-order valence-corrected chi connectivity index (χ3v) is 4.43. The molecule has 0 radical (unpaired) electrons. The van der Waals surface area contributed by atoms with Gasteiger partial charge in [-0.3, -0.25) is 4.79 Å². The Morgan fingerprint density at radius 2 is 1.85 bits per heavy atom. The van der Waals surface area contributed by atoms with Gasteiger partial charge in [0.25, 0.3) is 5.91 Å². The number of alkyl halides is 3. The van der Waals surface area contributed by atoms with Gasteiger partial charge in [0, 0.05) is 22.9 Å². The molecule has 1 aromatic heterocycles. The smallest absolute Gasteiger partial charge is 0.419 e. The highest BCUT2D eigenvalue weighted by Crippen LogP contribution is 2.33. The Bertz CT molecular complexity index is 816. The van der Waals surface area contributed by atoms with Crippen molar-refractivity contribution in [1.82, 2.24) is 10.3 Å². The minimum absolute atomic E-state index is 0.0791. The summed E-state index contributed by atoms with van der Waals surface area (Å²) in [6.45, 7) is 0.187. The van der Waals surface area contributed by atoms with E-state index in [9.17, 15) is 18.0 Å². The molecule has 0 aliphatic carbocycles. The molecule has 0 fully saturated rings. The molecular formula is C17H17F3IN3O3. The first-order valence-electron chi connectivity index (χ1n) is 7.73. The van der Waals surface area contributed by atoms with E-state index in [1.165, 1.54) is 26.5 Å². The first kappa shape index (κ1) is 21.1. The van der Waals surface area contributed by atoms with E-state index in [1.807, 2.05) is 22.6 Å². The Morgan fingerprint density at radius 3 is 2.48 bits per heavy atom. The molecule has 1 aromatic carbocycles. The van der Waals surface area contributed by atoms with Gasteiger partial charge < -0.3 is 20.1 Å². The normalized spacial score (nSPS) is 11.0. The Labute approximate surface area is 167 Å². The van der Waals surface area contributed by atoms with Crippen molar-refractivity contribution in [1.29, 1.82) is 0 Å². The van der Waals surface area contributed by atoms with E-state index in [0.717, 1.165) is 6.07 Å². The quantitative estimate of drug-likeness (QED) is 0.454. The lowest BCUT2D eigenvalue weighted by atomic mass is 10.2. The van der Waals surface area contributed by atoms with Gasteiger partial charge in [0.1, 0.15) is 5.82 Å². The van der Waals surface area contributed by atoms with Crippen LogP contribution in [0.5, 0.6) is 11.5 Å². The van der Waals surface area contributed by atoms with Crippen LogP contribution in [-0.2, 0) is 6.18 Å². The number of hydrogen-bond donors (Lipinski definition) is 2. The Kier molecular flexibility index (Phi) is 7.11. The second-order valence-electron chi connectivity index (χ2n) is 5.27. The number of methoxy groups -OCH3 is 2. The molecule has 0 saturated carbocycles. The molecule has 0 bridgehead atoms. The highest BCUT2D eigenvalue weighted by molar-refractivity contribution is 14.1. The second-order valence-corrected chi connectivity index (χ2v) is 6.43. The van der Waals surface area contributed by atoms with Gasteiger partial charge in [0.15, 0.2) is 11.5 Å². The number of anilines is 1. The topological polar surface area (TPSA) is 72.5 Å². The van der Waals surface area contributed by atoms with Crippen LogP contribution < -0.4 is 20.1 Å². The maximum atomic E-state index is 12.9. The Balaban J connectivity index is 1.98. The summed E-state index contributed by atoms with van der Waals surface area (Å²) in [5, 5.41) is 5.24. The van der Waals surface area contributed by atoms with Gasteiger partial charge >= 0.3 is 6.18 Å². The van der Waals surface area contributed by atoms with Crippen molar-refractivity contribution in [3.8, 4) is 11.5 Å². The fourth-order valence-corrected chi connectivity index (χ4v) is 2.94. The van der Waals surface area contributed by atoms with Crippen molar-refractivity contribution >= 4 is 34.3 Å². The lowest BCUT2D eigenvalue weighted by Gasteiger charge is -2.14. The van der Waals surface area contributed by atoms with Crippen molar-refractivity contribution in [2.45, 2.75) is 6.18 Å². The summed E-state index contributed by atoms with van der Waals surface area (Å²) in [4.78, 5) is 16.0. The van der Waals surface area contributed by atoms with Crippen LogP contribution >= 0.6 is 22.6 Å². The van der Waals surface area contributed by atoms with Gasteiger partial charge in [0.05, 0.1) is 25.3 Å². The molecule has 0 aliphatic heterocycles. The summed E-state index contributed by atoms with van der Waals surface area (Å²) in [6, 6.07) is 5.37. The summed E-state index contributed by atoms with van der Waals surface area (Å²) in [5.41, 5.74) is -0.479. The number of aromatic nitrogens is 1. The average molecular weight is 495 g/mol. The van der Waals surface area contributed by atoms with Crippen LogP contribution in [0.3, 0.4) is 0 Å². The molecule has 2 aromatic rings. The Hall–Kier alpha value is -2.24. The first-order chi connectivity index (χ1) is 12.8. The largest absolute Gasteiger partial charge is 0.493 e. The van der Waals surface area contributed by atoms with Crippen molar-refractivity contribution < 1.29 is 27.4 Å². The van der Waals surface area contributed by atoms with Crippen LogP contribution in [0.4, 0.5) is 19.0 Å². The van der Waals surface area contributed by atoms with Crippen LogP contribution in [0.2, 0.25) is 0 Å². The zero-order valence-corrected chi connectivity index (χ0v) is 16.6. The van der Waals surface area contributed by atoms with Gasteiger partial charge in [-0.1, -0.05) is 0 Å². The maximum absolute atomic E-state index is 12.9. The monoisotopic (exact) mass is 495 g/mol. The molecule has 2 N–H and O–H groups in total. The van der Waals surface area contributed by atoms with Gasteiger partial charge in [0.2, 0.25) is 0 Å². The van der Waals surface area contributed by atoms with Crippen LogP contribution in [0.15, 0.2) is 30.5 Å². The van der Waals surface area contributed by atoms with Gasteiger partial charge in [-0.05, 0) is 46.9 Å². The van der Waals surface area contributed by atoms with Crippen LogP contribution in [-0.4, -0.2) is 38.2 Å². The standard InChI is InChI=1S/C17H17F3IN3O3/c1-26-13-8-10(12(21)9-14(13)27-2)16(25)24-7-6-23-15-11(17(18,19)20)4-3-5-22-15/h3-5,8-9H,6-7H2,1-2H3,(H,22,23)(H,24,25). The minimum atomic E-state index is -4.50. The molecule has 0 atom stereocenters. The Morgan fingerprint density at radius 1 is 1.19 bits per heavy atom.